The zero-order chi connectivity index (χ0) is 20.5. The van der Waals surface area contributed by atoms with Gasteiger partial charge in [0, 0.05) is 30.9 Å². The molecule has 1 fully saturated rings. The molecule has 9 heteroatoms. The van der Waals surface area contributed by atoms with Crippen LogP contribution in [0.3, 0.4) is 0 Å². The minimum atomic E-state index is -4.44. The van der Waals surface area contributed by atoms with Gasteiger partial charge in [0.05, 0.1) is 11.5 Å². The minimum absolute atomic E-state index is 0. The highest BCUT2D eigenvalue weighted by Gasteiger charge is 2.35. The van der Waals surface area contributed by atoms with E-state index in [1.54, 1.807) is 18.2 Å². The summed E-state index contributed by atoms with van der Waals surface area (Å²) in [5.41, 5.74) is 7.27. The van der Waals surface area contributed by atoms with Crippen LogP contribution in [0.5, 0.6) is 0 Å². The van der Waals surface area contributed by atoms with Crippen LogP contribution in [0.2, 0.25) is 0 Å². The van der Waals surface area contributed by atoms with Gasteiger partial charge < -0.3 is 16.0 Å². The van der Waals surface area contributed by atoms with Crippen LogP contribution in [-0.2, 0) is 22.3 Å². The molecule has 0 aromatic heterocycles. The number of alkyl halides is 3. The van der Waals surface area contributed by atoms with E-state index in [2.05, 4.69) is 5.32 Å². The zero-order valence-corrected chi connectivity index (χ0v) is 16.4. The van der Waals surface area contributed by atoms with Crippen molar-refractivity contribution in [2.75, 3.05) is 17.6 Å². The van der Waals surface area contributed by atoms with Crippen molar-refractivity contribution in [3.63, 3.8) is 0 Å². The molecule has 1 heterocycles. The summed E-state index contributed by atoms with van der Waals surface area (Å²) in [5.74, 6) is -1.14. The standard InChI is InChI=1S/C20H20F3N3O2.ClH/c1-12-5-6-16(24)9-17(12)25-19(28)14-8-18(27)26(11-14)10-13-3-2-4-15(7-13)20(21,22)23;/h2-7,9,14H,8,10-11,24H2,1H3,(H,25,28);1H. The number of nitrogens with zero attached hydrogens (tertiary/aromatic N) is 1. The Kier molecular flexibility index (Phi) is 6.79. The van der Waals surface area contributed by atoms with Gasteiger partial charge in [-0.1, -0.05) is 18.2 Å². The van der Waals surface area contributed by atoms with Crippen molar-refractivity contribution < 1.29 is 22.8 Å². The molecular weight excluding hydrogens is 407 g/mol. The van der Waals surface area contributed by atoms with Crippen LogP contribution in [0.25, 0.3) is 0 Å². The molecule has 0 aliphatic carbocycles. The first-order valence-electron chi connectivity index (χ1n) is 8.74. The average molecular weight is 428 g/mol. The first-order chi connectivity index (χ1) is 13.1. The normalized spacial score (nSPS) is 16.5. The van der Waals surface area contributed by atoms with Gasteiger partial charge in [0.25, 0.3) is 0 Å². The molecule has 1 aliphatic rings. The number of likely N-dealkylation sites (tertiary alicyclic amines) is 1. The lowest BCUT2D eigenvalue weighted by molar-refractivity contribution is -0.137. The molecule has 1 unspecified atom stereocenters. The summed E-state index contributed by atoms with van der Waals surface area (Å²) in [6.07, 6.45) is -4.42. The monoisotopic (exact) mass is 427 g/mol. The van der Waals surface area contributed by atoms with Gasteiger partial charge >= 0.3 is 6.18 Å². The van der Waals surface area contributed by atoms with E-state index in [1.807, 2.05) is 6.92 Å². The van der Waals surface area contributed by atoms with E-state index < -0.39 is 17.7 Å². The molecule has 0 radical (unpaired) electrons. The van der Waals surface area contributed by atoms with Gasteiger partial charge in [-0.2, -0.15) is 13.2 Å². The highest BCUT2D eigenvalue weighted by molar-refractivity contribution is 5.98. The van der Waals surface area contributed by atoms with Gasteiger partial charge in [-0.25, -0.2) is 0 Å². The predicted octanol–water partition coefficient (Wildman–Crippen LogP) is 4.01. The fourth-order valence-electron chi connectivity index (χ4n) is 3.18. The van der Waals surface area contributed by atoms with Crippen molar-refractivity contribution >= 4 is 35.6 Å². The Balaban J connectivity index is 0.00000300. The third kappa shape index (κ3) is 5.41. The number of nitrogen functional groups attached to an aromatic ring is 1. The van der Waals surface area contributed by atoms with Crippen molar-refractivity contribution in [2.45, 2.75) is 26.1 Å². The Hall–Kier alpha value is -2.74. The van der Waals surface area contributed by atoms with Gasteiger partial charge in [0.2, 0.25) is 11.8 Å². The highest BCUT2D eigenvalue weighted by atomic mass is 35.5. The van der Waals surface area contributed by atoms with E-state index in [0.29, 0.717) is 16.9 Å². The van der Waals surface area contributed by atoms with E-state index in [9.17, 15) is 22.8 Å². The topological polar surface area (TPSA) is 75.4 Å². The molecule has 2 aromatic rings. The number of hydrogen-bond donors (Lipinski definition) is 2. The van der Waals surface area contributed by atoms with Crippen LogP contribution in [0.1, 0.15) is 23.1 Å². The number of carbonyl (C=O) groups is 2. The number of aryl methyl sites for hydroxylation is 1. The van der Waals surface area contributed by atoms with E-state index in [-0.39, 0.29) is 43.7 Å². The van der Waals surface area contributed by atoms with E-state index >= 15 is 0 Å². The molecule has 1 saturated heterocycles. The van der Waals surface area contributed by atoms with Crippen LogP contribution >= 0.6 is 12.4 Å². The molecule has 29 heavy (non-hydrogen) atoms. The lowest BCUT2D eigenvalue weighted by Gasteiger charge is -2.18. The maximum absolute atomic E-state index is 12.9. The fraction of sp³-hybridized carbons (Fsp3) is 0.300. The Labute approximate surface area is 172 Å². The third-order valence-electron chi connectivity index (χ3n) is 4.73. The van der Waals surface area contributed by atoms with Crippen LogP contribution in [-0.4, -0.2) is 23.3 Å². The average Bonchev–Trinajstić information content (AvgIpc) is 2.98. The van der Waals surface area contributed by atoms with Crippen LogP contribution < -0.4 is 11.1 Å². The molecule has 2 amide bonds. The molecule has 0 bridgehead atoms. The number of nitrogens with one attached hydrogen (secondary N) is 1. The van der Waals surface area contributed by atoms with Crippen LogP contribution in [0, 0.1) is 12.8 Å². The number of halogens is 4. The van der Waals surface area contributed by atoms with Crippen molar-refractivity contribution in [1.82, 2.24) is 4.90 Å². The number of hydrogen-bond acceptors (Lipinski definition) is 3. The summed E-state index contributed by atoms with van der Waals surface area (Å²) in [6, 6.07) is 10.0. The lowest BCUT2D eigenvalue weighted by atomic mass is 10.1. The molecule has 156 valence electrons. The smallest absolute Gasteiger partial charge is 0.399 e. The molecule has 3 rings (SSSR count). The molecule has 1 aliphatic heterocycles. The van der Waals surface area contributed by atoms with E-state index in [1.165, 1.54) is 17.0 Å². The Morgan fingerprint density at radius 3 is 2.66 bits per heavy atom. The number of nitrogens with two attached hydrogens (primary N) is 1. The van der Waals surface area contributed by atoms with Crippen molar-refractivity contribution in [2.24, 2.45) is 5.92 Å². The van der Waals surface area contributed by atoms with E-state index in [4.69, 9.17) is 5.73 Å². The van der Waals surface area contributed by atoms with Crippen molar-refractivity contribution in [3.05, 3.63) is 59.2 Å². The maximum atomic E-state index is 12.9. The van der Waals surface area contributed by atoms with Crippen LogP contribution in [0.4, 0.5) is 24.5 Å². The van der Waals surface area contributed by atoms with E-state index in [0.717, 1.165) is 17.7 Å². The Morgan fingerprint density at radius 1 is 1.24 bits per heavy atom. The second-order valence-corrected chi connectivity index (χ2v) is 6.94. The fourth-order valence-corrected chi connectivity index (χ4v) is 3.18. The number of anilines is 2. The number of carbonyl (C=O) groups excluding carboxylic acids is 2. The summed E-state index contributed by atoms with van der Waals surface area (Å²) in [5, 5.41) is 2.78. The zero-order valence-electron chi connectivity index (χ0n) is 15.6. The SMILES string of the molecule is Cc1ccc(N)cc1NC(=O)C1CC(=O)N(Cc2cccc(C(F)(F)F)c2)C1.Cl. The minimum Gasteiger partial charge on any atom is -0.399 e. The molecule has 5 nitrogen and oxygen atoms in total. The Bertz CT molecular complexity index is 918. The molecule has 1 atom stereocenters. The van der Waals surface area contributed by atoms with Gasteiger partial charge in [0.1, 0.15) is 0 Å². The van der Waals surface area contributed by atoms with Gasteiger partial charge in [-0.15, -0.1) is 12.4 Å². The van der Waals surface area contributed by atoms with Crippen LogP contribution in [0.15, 0.2) is 42.5 Å². The van der Waals surface area contributed by atoms with Gasteiger partial charge in [0.15, 0.2) is 0 Å². The summed E-state index contributed by atoms with van der Waals surface area (Å²) >= 11 is 0. The second-order valence-electron chi connectivity index (χ2n) is 6.94. The molecule has 0 saturated carbocycles. The van der Waals surface area contributed by atoms with Gasteiger partial charge in [-0.05, 0) is 42.3 Å². The first kappa shape index (κ1) is 22.5. The van der Waals surface area contributed by atoms with Crippen molar-refractivity contribution in [1.29, 1.82) is 0 Å². The van der Waals surface area contributed by atoms with Crippen molar-refractivity contribution in [3.8, 4) is 0 Å². The molecule has 2 aromatic carbocycles. The number of amides is 2. The highest BCUT2D eigenvalue weighted by Crippen LogP contribution is 2.30. The summed E-state index contributed by atoms with van der Waals surface area (Å²) < 4.78 is 38.6. The maximum Gasteiger partial charge on any atom is 0.416 e. The Morgan fingerprint density at radius 2 is 1.97 bits per heavy atom. The first-order valence-corrected chi connectivity index (χ1v) is 8.74. The molecule has 3 N–H and O–H groups in total. The predicted molar refractivity (Wildman–Crippen MR) is 106 cm³/mol. The summed E-state index contributed by atoms with van der Waals surface area (Å²) in [7, 11) is 0. The second kappa shape index (κ2) is 8.73. The molecule has 0 spiro atoms. The summed E-state index contributed by atoms with van der Waals surface area (Å²) in [4.78, 5) is 26.2. The lowest BCUT2D eigenvalue weighted by Crippen LogP contribution is -2.28. The molecular formula is C20H21ClF3N3O2. The third-order valence-corrected chi connectivity index (χ3v) is 4.73. The van der Waals surface area contributed by atoms with Gasteiger partial charge in [-0.3, -0.25) is 9.59 Å². The summed E-state index contributed by atoms with van der Waals surface area (Å²) in [6.45, 7) is 2.01. The number of benzene rings is 2. The quantitative estimate of drug-likeness (QED) is 0.724. The number of rotatable bonds is 4. The largest absolute Gasteiger partial charge is 0.416 e.